The van der Waals surface area contributed by atoms with Crippen LogP contribution in [0.3, 0.4) is 0 Å². The zero-order valence-corrected chi connectivity index (χ0v) is 11.9. The second-order valence-corrected chi connectivity index (χ2v) is 4.25. The van der Waals surface area contributed by atoms with Gasteiger partial charge in [0.15, 0.2) is 0 Å². The predicted molar refractivity (Wildman–Crippen MR) is 66.2 cm³/mol. The fourth-order valence-corrected chi connectivity index (χ4v) is 1.73. The van der Waals surface area contributed by atoms with E-state index in [9.17, 15) is 28.1 Å². The molecule has 1 aromatic heterocycles. The maximum atomic E-state index is 12.2. The van der Waals surface area contributed by atoms with Crippen molar-refractivity contribution < 1.29 is 32.4 Å². The Balaban J connectivity index is 3.36. The zero-order chi connectivity index (χ0) is 15.5. The van der Waals surface area contributed by atoms with Gasteiger partial charge in [-0.05, 0) is 34.4 Å². The highest BCUT2D eigenvalue weighted by atomic mass is 127. The molecule has 0 aliphatic rings. The van der Waals surface area contributed by atoms with Crippen molar-refractivity contribution in [2.24, 2.45) is 0 Å². The van der Waals surface area contributed by atoms with Crippen LogP contribution < -0.4 is 4.74 Å². The van der Waals surface area contributed by atoms with E-state index >= 15 is 0 Å². The van der Waals surface area contributed by atoms with Crippen molar-refractivity contribution in [1.29, 1.82) is 0 Å². The van der Waals surface area contributed by atoms with Crippen LogP contribution in [0.25, 0.3) is 0 Å². The number of hydrogen-bond donors (Lipinski definition) is 0. The first-order valence-corrected chi connectivity index (χ1v) is 6.01. The number of aromatic nitrogens is 1. The Kier molecular flexibility index (Phi) is 5.08. The lowest BCUT2D eigenvalue weighted by Crippen LogP contribution is -2.20. The van der Waals surface area contributed by atoms with Crippen LogP contribution >= 0.6 is 22.6 Å². The Morgan fingerprint density at radius 3 is 2.60 bits per heavy atom. The summed E-state index contributed by atoms with van der Waals surface area (Å²) in [5.74, 6) is -3.03. The smallest absolute Gasteiger partial charge is 0.462 e. The van der Waals surface area contributed by atoms with E-state index in [1.807, 2.05) is 0 Å². The van der Waals surface area contributed by atoms with Gasteiger partial charge in [-0.1, -0.05) is 0 Å². The van der Waals surface area contributed by atoms with Gasteiger partial charge in [0.25, 0.3) is 0 Å². The van der Waals surface area contributed by atoms with Crippen LogP contribution in [0.2, 0.25) is 0 Å². The highest BCUT2D eigenvalue weighted by Gasteiger charge is 2.37. The second-order valence-electron chi connectivity index (χ2n) is 3.17. The molecule has 0 saturated carbocycles. The van der Waals surface area contributed by atoms with Gasteiger partial charge in [0.05, 0.1) is 18.2 Å². The molecule has 0 radical (unpaired) electrons. The van der Waals surface area contributed by atoms with Crippen molar-refractivity contribution in [2.75, 3.05) is 6.61 Å². The number of alkyl halides is 3. The van der Waals surface area contributed by atoms with E-state index in [1.165, 1.54) is 29.5 Å². The Morgan fingerprint density at radius 1 is 1.55 bits per heavy atom. The maximum Gasteiger partial charge on any atom is 0.575 e. The number of halogens is 4. The molecule has 0 saturated heterocycles. The molecular formula is C9H6F3IN2O5. The third kappa shape index (κ3) is 4.18. The molecular weight excluding hydrogens is 400 g/mol. The molecule has 0 N–H and O–H groups in total. The van der Waals surface area contributed by atoms with Gasteiger partial charge in [-0.15, -0.1) is 13.2 Å². The fourth-order valence-electron chi connectivity index (χ4n) is 1.12. The summed E-state index contributed by atoms with van der Waals surface area (Å²) in [5, 5.41) is 10.6. The summed E-state index contributed by atoms with van der Waals surface area (Å²) in [4.78, 5) is 24.2. The minimum atomic E-state index is -5.09. The fraction of sp³-hybridized carbons (Fsp3) is 0.333. The molecule has 1 heterocycles. The SMILES string of the molecule is CCOC(=O)c1cc([N+](=O)[O-])nc(OC(F)(F)F)c1I. The van der Waals surface area contributed by atoms with E-state index in [1.54, 1.807) is 0 Å². The molecule has 1 rings (SSSR count). The number of pyridine rings is 1. The van der Waals surface area contributed by atoms with Gasteiger partial charge >= 0.3 is 24.0 Å². The number of rotatable bonds is 4. The average molecular weight is 406 g/mol. The number of hydrogen-bond acceptors (Lipinski definition) is 6. The summed E-state index contributed by atoms with van der Waals surface area (Å²) in [6.45, 7) is 1.44. The molecule has 0 aliphatic heterocycles. The van der Waals surface area contributed by atoms with Gasteiger partial charge in [-0.2, -0.15) is 0 Å². The van der Waals surface area contributed by atoms with Gasteiger partial charge in [0.1, 0.15) is 3.57 Å². The minimum Gasteiger partial charge on any atom is -0.462 e. The first-order chi connectivity index (χ1) is 9.15. The number of esters is 1. The number of nitrogens with zero attached hydrogens (tertiary/aromatic N) is 2. The molecule has 0 bridgehead atoms. The lowest BCUT2D eigenvalue weighted by molar-refractivity contribution is -0.390. The van der Waals surface area contributed by atoms with Crippen LogP contribution in [-0.4, -0.2) is 28.8 Å². The van der Waals surface area contributed by atoms with Gasteiger partial charge in [-0.3, -0.25) is 0 Å². The van der Waals surface area contributed by atoms with Gasteiger partial charge in [0.2, 0.25) is 0 Å². The molecule has 0 aromatic carbocycles. The minimum absolute atomic E-state index is 0.0412. The summed E-state index contributed by atoms with van der Waals surface area (Å²) in [5.41, 5.74) is -0.423. The highest BCUT2D eigenvalue weighted by molar-refractivity contribution is 14.1. The van der Waals surface area contributed by atoms with Crippen LogP contribution in [-0.2, 0) is 4.74 Å². The van der Waals surface area contributed by atoms with E-state index in [2.05, 4.69) is 14.5 Å². The van der Waals surface area contributed by atoms with E-state index in [4.69, 9.17) is 0 Å². The molecule has 11 heteroatoms. The number of nitro groups is 1. The van der Waals surface area contributed by atoms with Gasteiger partial charge < -0.3 is 19.6 Å². The third-order valence-corrected chi connectivity index (χ3v) is 2.85. The van der Waals surface area contributed by atoms with Crippen LogP contribution in [0.5, 0.6) is 5.88 Å². The first kappa shape index (κ1) is 16.4. The van der Waals surface area contributed by atoms with Crippen molar-refractivity contribution in [3.05, 3.63) is 25.3 Å². The Hall–Kier alpha value is -1.66. The van der Waals surface area contributed by atoms with E-state index in [-0.39, 0.29) is 10.2 Å². The lowest BCUT2D eigenvalue weighted by atomic mass is 10.2. The van der Waals surface area contributed by atoms with Crippen LogP contribution in [0.1, 0.15) is 17.3 Å². The second kappa shape index (κ2) is 6.19. The largest absolute Gasteiger partial charge is 0.575 e. The van der Waals surface area contributed by atoms with E-state index < -0.39 is 34.5 Å². The molecule has 0 spiro atoms. The van der Waals surface area contributed by atoms with Crippen molar-refractivity contribution >= 4 is 34.4 Å². The topological polar surface area (TPSA) is 91.6 Å². The van der Waals surface area contributed by atoms with Crippen molar-refractivity contribution in [2.45, 2.75) is 13.3 Å². The summed E-state index contributed by atoms with van der Waals surface area (Å²) < 4.78 is 44.4. The van der Waals surface area contributed by atoms with Crippen molar-refractivity contribution in [3.8, 4) is 5.88 Å². The average Bonchev–Trinajstić information content (AvgIpc) is 2.29. The van der Waals surface area contributed by atoms with Gasteiger partial charge in [-0.25, -0.2) is 4.79 Å². The van der Waals surface area contributed by atoms with Crippen molar-refractivity contribution in [1.82, 2.24) is 4.98 Å². The number of ether oxygens (including phenoxy) is 2. The van der Waals surface area contributed by atoms with Crippen molar-refractivity contribution in [3.63, 3.8) is 0 Å². The Bertz CT molecular complexity index is 549. The highest BCUT2D eigenvalue weighted by Crippen LogP contribution is 2.31. The summed E-state index contributed by atoms with van der Waals surface area (Å²) in [6.07, 6.45) is -5.09. The van der Waals surface area contributed by atoms with E-state index in [0.717, 1.165) is 6.07 Å². The molecule has 0 amide bonds. The Labute approximate surface area is 123 Å². The first-order valence-electron chi connectivity index (χ1n) is 4.93. The predicted octanol–water partition coefficient (Wildman–Crippen LogP) is 2.67. The lowest BCUT2D eigenvalue weighted by Gasteiger charge is -2.09. The number of carbonyl (C=O) groups excluding carboxylic acids is 1. The maximum absolute atomic E-state index is 12.2. The van der Waals surface area contributed by atoms with E-state index in [0.29, 0.717) is 0 Å². The molecule has 0 atom stereocenters. The monoisotopic (exact) mass is 406 g/mol. The quantitative estimate of drug-likeness (QED) is 0.331. The molecule has 1 aromatic rings. The van der Waals surface area contributed by atoms with Crippen LogP contribution in [0.4, 0.5) is 19.0 Å². The van der Waals surface area contributed by atoms with Gasteiger partial charge in [0, 0.05) is 4.98 Å². The number of carbonyl (C=O) groups is 1. The summed E-state index contributed by atoms with van der Waals surface area (Å²) in [6, 6.07) is 0.725. The Morgan fingerprint density at radius 2 is 2.15 bits per heavy atom. The molecule has 0 unspecified atom stereocenters. The zero-order valence-electron chi connectivity index (χ0n) is 9.73. The standard InChI is InChI=1S/C9H6F3IN2O5/c1-2-19-8(16)4-3-5(15(17)18)14-7(6(4)13)20-9(10,11)12/h3H,2H2,1H3. The molecule has 110 valence electrons. The summed E-state index contributed by atoms with van der Waals surface area (Å²) in [7, 11) is 0. The normalized spacial score (nSPS) is 11.1. The molecule has 7 nitrogen and oxygen atoms in total. The van der Waals surface area contributed by atoms with Crippen LogP contribution in [0, 0.1) is 13.7 Å². The van der Waals surface area contributed by atoms with Crippen LogP contribution in [0.15, 0.2) is 6.07 Å². The molecule has 0 aliphatic carbocycles. The third-order valence-electron chi connectivity index (χ3n) is 1.81. The molecule has 20 heavy (non-hydrogen) atoms. The summed E-state index contributed by atoms with van der Waals surface area (Å²) >= 11 is 1.37. The molecule has 0 fully saturated rings.